The van der Waals surface area contributed by atoms with Gasteiger partial charge in [0, 0.05) is 10.7 Å². The van der Waals surface area contributed by atoms with Gasteiger partial charge in [-0.05, 0) is 37.1 Å². The molecule has 3 aliphatic rings. The minimum atomic E-state index is -0.732. The van der Waals surface area contributed by atoms with E-state index in [1.165, 1.54) is 0 Å². The normalized spacial score (nSPS) is 31.6. The number of hydrogen-bond acceptors (Lipinski definition) is 4. The summed E-state index contributed by atoms with van der Waals surface area (Å²) in [5, 5.41) is 0.660. The van der Waals surface area contributed by atoms with Crippen molar-refractivity contribution in [1.29, 1.82) is 0 Å². The molecule has 0 aliphatic carbocycles. The third-order valence-corrected chi connectivity index (χ3v) is 5.99. The van der Waals surface area contributed by atoms with Gasteiger partial charge in [0.2, 0.25) is 5.91 Å². The van der Waals surface area contributed by atoms with Crippen LogP contribution in [0.15, 0.2) is 30.4 Å². The highest BCUT2D eigenvalue weighted by atomic mass is 35.5. The van der Waals surface area contributed by atoms with Crippen molar-refractivity contribution in [3.05, 3.63) is 40.9 Å². The summed E-state index contributed by atoms with van der Waals surface area (Å²) in [6, 6.07) is 5.51. The number of halogens is 1. The number of carbonyl (C=O) groups excluding carboxylic acids is 2. The van der Waals surface area contributed by atoms with Crippen molar-refractivity contribution in [3.63, 3.8) is 0 Å². The molecule has 1 aromatic rings. The van der Waals surface area contributed by atoms with Crippen LogP contribution in [-0.4, -0.2) is 36.7 Å². The van der Waals surface area contributed by atoms with E-state index in [1.54, 1.807) is 11.0 Å². The molecule has 2 fully saturated rings. The predicted molar refractivity (Wildman–Crippen MR) is 98.1 cm³/mol. The third-order valence-electron chi connectivity index (χ3n) is 5.57. The lowest BCUT2D eigenvalue weighted by Gasteiger charge is -2.22. The highest BCUT2D eigenvalue weighted by Gasteiger charge is 2.67. The number of fused-ring (bicyclic) bond motifs is 1. The fourth-order valence-electron chi connectivity index (χ4n) is 4.20. The van der Waals surface area contributed by atoms with Crippen LogP contribution in [-0.2, 0) is 19.1 Å². The van der Waals surface area contributed by atoms with Crippen molar-refractivity contribution in [2.75, 3.05) is 18.1 Å². The number of unbranched alkanes of at least 4 members (excludes halogenated alkanes) is 1. The maximum Gasteiger partial charge on any atom is 0.312 e. The van der Waals surface area contributed by atoms with Crippen LogP contribution in [0.2, 0.25) is 5.02 Å². The number of hydrogen-bond donors (Lipinski definition) is 0. The van der Waals surface area contributed by atoms with E-state index in [2.05, 4.69) is 0 Å². The van der Waals surface area contributed by atoms with Crippen molar-refractivity contribution in [2.45, 2.75) is 38.4 Å². The summed E-state index contributed by atoms with van der Waals surface area (Å²) in [5.41, 5.74) is 0.950. The van der Waals surface area contributed by atoms with Crippen LogP contribution in [0.25, 0.3) is 0 Å². The summed E-state index contributed by atoms with van der Waals surface area (Å²) in [4.78, 5) is 27.5. The molecule has 0 radical (unpaired) electrons. The summed E-state index contributed by atoms with van der Waals surface area (Å²) in [7, 11) is 0. The van der Waals surface area contributed by atoms with Crippen molar-refractivity contribution >= 4 is 29.2 Å². The van der Waals surface area contributed by atoms with Gasteiger partial charge in [-0.1, -0.05) is 37.1 Å². The molecule has 0 unspecified atom stereocenters. The van der Waals surface area contributed by atoms with Gasteiger partial charge >= 0.3 is 5.97 Å². The lowest BCUT2D eigenvalue weighted by molar-refractivity contribution is -0.152. The number of amides is 1. The second-order valence-corrected chi connectivity index (χ2v) is 7.69. The van der Waals surface area contributed by atoms with E-state index in [-0.39, 0.29) is 18.0 Å². The van der Waals surface area contributed by atoms with Crippen LogP contribution in [0.3, 0.4) is 0 Å². The summed E-state index contributed by atoms with van der Waals surface area (Å²) < 4.78 is 11.5. The number of ether oxygens (including phenoxy) is 2. The van der Waals surface area contributed by atoms with E-state index in [1.807, 2.05) is 38.1 Å². The Morgan fingerprint density at radius 1 is 1.46 bits per heavy atom. The summed E-state index contributed by atoms with van der Waals surface area (Å²) in [6.07, 6.45) is 5.24. The molecular formula is C20H22ClNO4. The summed E-state index contributed by atoms with van der Waals surface area (Å²) in [5.74, 6) is -1.51. The Morgan fingerprint density at radius 3 is 3.00 bits per heavy atom. The topological polar surface area (TPSA) is 55.8 Å². The molecule has 6 heteroatoms. The highest BCUT2D eigenvalue weighted by Crippen LogP contribution is 2.53. The molecular weight excluding hydrogens is 354 g/mol. The van der Waals surface area contributed by atoms with E-state index < -0.39 is 17.4 Å². The van der Waals surface area contributed by atoms with Crippen LogP contribution >= 0.6 is 11.6 Å². The summed E-state index contributed by atoms with van der Waals surface area (Å²) in [6.45, 7) is 4.74. The van der Waals surface area contributed by atoms with E-state index in [0.717, 1.165) is 24.1 Å². The van der Waals surface area contributed by atoms with Gasteiger partial charge in [-0.25, -0.2) is 0 Å². The van der Waals surface area contributed by atoms with Gasteiger partial charge in [-0.2, -0.15) is 0 Å². The molecule has 26 heavy (non-hydrogen) atoms. The minimum Gasteiger partial charge on any atom is -0.465 e. The van der Waals surface area contributed by atoms with Gasteiger partial charge in [-0.3, -0.25) is 9.59 Å². The van der Waals surface area contributed by atoms with Gasteiger partial charge in [0.05, 0.1) is 25.2 Å². The monoisotopic (exact) mass is 375 g/mol. The molecule has 4 rings (SSSR count). The Kier molecular flexibility index (Phi) is 4.32. The molecule has 5 nitrogen and oxygen atoms in total. The van der Waals surface area contributed by atoms with Crippen molar-refractivity contribution in [2.24, 2.45) is 11.8 Å². The molecule has 1 spiro atoms. The van der Waals surface area contributed by atoms with Crippen molar-refractivity contribution in [1.82, 2.24) is 0 Å². The van der Waals surface area contributed by atoms with Crippen molar-refractivity contribution < 1.29 is 19.1 Å². The number of benzene rings is 1. The van der Waals surface area contributed by atoms with Gasteiger partial charge in [0.15, 0.2) is 0 Å². The second kappa shape index (κ2) is 6.39. The number of anilines is 1. The number of aryl methyl sites for hydroxylation is 1. The molecule has 1 aromatic carbocycles. The van der Waals surface area contributed by atoms with Crippen LogP contribution < -0.4 is 4.90 Å². The first kappa shape index (κ1) is 17.6. The zero-order chi connectivity index (χ0) is 18.5. The minimum absolute atomic E-state index is 0.0870. The first-order valence-electron chi connectivity index (χ1n) is 9.08. The van der Waals surface area contributed by atoms with Crippen LogP contribution in [0, 0.1) is 18.8 Å². The van der Waals surface area contributed by atoms with E-state index >= 15 is 0 Å². The van der Waals surface area contributed by atoms with Crippen LogP contribution in [0.1, 0.15) is 25.3 Å². The number of esters is 1. The van der Waals surface area contributed by atoms with E-state index in [4.69, 9.17) is 21.1 Å². The molecule has 0 saturated carbocycles. The SMILES string of the molecule is CCCCOC(=O)[C@H]1[C@H]2C(=O)N(c3ccc(Cl)c(C)c3)C[C@@]23C=C[C@H]1O3. The lowest BCUT2D eigenvalue weighted by atomic mass is 9.77. The molecule has 1 amide bonds. The average molecular weight is 376 g/mol. The fourth-order valence-corrected chi connectivity index (χ4v) is 4.31. The van der Waals surface area contributed by atoms with E-state index in [0.29, 0.717) is 18.2 Å². The van der Waals surface area contributed by atoms with E-state index in [9.17, 15) is 9.59 Å². The Hall–Kier alpha value is -1.85. The molecule has 3 heterocycles. The Balaban J connectivity index is 1.60. The molecule has 3 aliphatic heterocycles. The second-order valence-electron chi connectivity index (χ2n) is 7.28. The Morgan fingerprint density at radius 2 is 2.27 bits per heavy atom. The maximum atomic E-state index is 13.2. The molecule has 0 aromatic heterocycles. The number of carbonyl (C=O) groups is 2. The molecule has 4 atom stereocenters. The third kappa shape index (κ3) is 2.57. The maximum absolute atomic E-state index is 13.2. The molecule has 2 saturated heterocycles. The first-order chi connectivity index (χ1) is 12.5. The fraction of sp³-hybridized carbons (Fsp3) is 0.500. The smallest absolute Gasteiger partial charge is 0.312 e. The zero-order valence-electron chi connectivity index (χ0n) is 14.9. The predicted octanol–water partition coefficient (Wildman–Crippen LogP) is 3.28. The molecule has 2 bridgehead atoms. The lowest BCUT2D eigenvalue weighted by Crippen LogP contribution is -2.40. The van der Waals surface area contributed by atoms with Crippen LogP contribution in [0.5, 0.6) is 0 Å². The van der Waals surface area contributed by atoms with Gasteiger partial charge in [0.1, 0.15) is 11.5 Å². The zero-order valence-corrected chi connectivity index (χ0v) is 15.7. The standard InChI is InChI=1S/C20H22ClNO4/c1-3-4-9-25-19(24)16-15-7-8-20(26-15)11-22(18(23)17(16)20)13-5-6-14(21)12(2)10-13/h5-8,10,15-17H,3-4,9,11H2,1-2H3/t15-,16-,17+,20+/m1/s1. The quantitative estimate of drug-likeness (QED) is 0.450. The molecule has 0 N–H and O–H groups in total. The molecule has 138 valence electrons. The van der Waals surface area contributed by atoms with Crippen molar-refractivity contribution in [3.8, 4) is 0 Å². The van der Waals surface area contributed by atoms with Gasteiger partial charge in [0.25, 0.3) is 0 Å². The Bertz CT molecular complexity index is 792. The van der Waals surface area contributed by atoms with Crippen LogP contribution in [0.4, 0.5) is 5.69 Å². The number of nitrogens with zero attached hydrogens (tertiary/aromatic N) is 1. The average Bonchev–Trinajstić information content (AvgIpc) is 3.26. The van der Waals surface area contributed by atoms with Gasteiger partial charge < -0.3 is 14.4 Å². The number of rotatable bonds is 5. The summed E-state index contributed by atoms with van der Waals surface area (Å²) >= 11 is 6.11. The Labute approximate surface area is 157 Å². The largest absolute Gasteiger partial charge is 0.465 e. The first-order valence-corrected chi connectivity index (χ1v) is 9.46. The highest BCUT2D eigenvalue weighted by molar-refractivity contribution is 6.31. The van der Waals surface area contributed by atoms with Gasteiger partial charge in [-0.15, -0.1) is 0 Å².